The Morgan fingerprint density at radius 1 is 1.08 bits per heavy atom. The Morgan fingerprint density at radius 2 is 1.73 bits per heavy atom. The van der Waals surface area contributed by atoms with Gasteiger partial charge >= 0.3 is 6.03 Å². The fourth-order valence-corrected chi connectivity index (χ4v) is 3.15. The highest BCUT2D eigenvalue weighted by Gasteiger charge is 2.37. The minimum atomic E-state index is -0.355. The highest BCUT2D eigenvalue weighted by Crippen LogP contribution is 2.26. The Bertz CT molecular complexity index is 571. The minimum Gasteiger partial charge on any atom is -0.385 e. The van der Waals surface area contributed by atoms with E-state index < -0.39 is 0 Å². The highest BCUT2D eigenvalue weighted by atomic mass is 16.5. The van der Waals surface area contributed by atoms with E-state index in [1.165, 1.54) is 0 Å². The number of likely N-dealkylation sites (tertiary alicyclic amines) is 1. The minimum absolute atomic E-state index is 0.0836. The number of urea groups is 1. The number of rotatable bonds is 8. The van der Waals surface area contributed by atoms with Crippen LogP contribution in [-0.2, 0) is 9.47 Å². The lowest BCUT2D eigenvalue weighted by atomic mass is 9.84. The zero-order valence-corrected chi connectivity index (χ0v) is 15.6. The number of hydrogen-bond donors (Lipinski definition) is 2. The largest absolute Gasteiger partial charge is 0.385 e. The fourth-order valence-electron chi connectivity index (χ4n) is 3.15. The Hall–Kier alpha value is -2.12. The number of nitrogens with one attached hydrogen (secondary N) is 2. The first kappa shape index (κ1) is 20.2. The number of ether oxygens (including phenoxy) is 2. The maximum atomic E-state index is 12.6. The van der Waals surface area contributed by atoms with E-state index >= 15 is 0 Å². The number of benzene rings is 1. The van der Waals surface area contributed by atoms with E-state index in [0.717, 1.165) is 6.42 Å². The van der Waals surface area contributed by atoms with Gasteiger partial charge in [0.15, 0.2) is 0 Å². The van der Waals surface area contributed by atoms with Crippen molar-refractivity contribution >= 4 is 11.9 Å². The van der Waals surface area contributed by atoms with E-state index in [9.17, 15) is 9.59 Å². The zero-order valence-electron chi connectivity index (χ0n) is 15.6. The average molecular weight is 363 g/mol. The molecule has 3 amide bonds. The molecule has 7 heteroatoms. The first-order valence-corrected chi connectivity index (χ1v) is 8.98. The van der Waals surface area contributed by atoms with Gasteiger partial charge in [0, 0.05) is 51.6 Å². The van der Waals surface area contributed by atoms with Crippen LogP contribution < -0.4 is 10.6 Å². The summed E-state index contributed by atoms with van der Waals surface area (Å²) >= 11 is 0. The van der Waals surface area contributed by atoms with Crippen LogP contribution in [0.1, 0.15) is 29.6 Å². The molecular formula is C19H29N3O4. The van der Waals surface area contributed by atoms with E-state index in [-0.39, 0.29) is 17.5 Å². The van der Waals surface area contributed by atoms with Crippen LogP contribution in [0.25, 0.3) is 0 Å². The summed E-state index contributed by atoms with van der Waals surface area (Å²) in [5, 5.41) is 6.04. The molecule has 1 aromatic carbocycles. The summed E-state index contributed by atoms with van der Waals surface area (Å²) < 4.78 is 10.2. The molecule has 1 aliphatic rings. The molecule has 0 spiro atoms. The van der Waals surface area contributed by atoms with Gasteiger partial charge in [0.25, 0.3) is 5.91 Å². The highest BCUT2D eigenvalue weighted by molar-refractivity contribution is 5.94. The molecule has 0 saturated carbocycles. The van der Waals surface area contributed by atoms with E-state index in [2.05, 4.69) is 10.6 Å². The number of amides is 3. The van der Waals surface area contributed by atoms with Crippen LogP contribution in [0.2, 0.25) is 0 Å². The first-order valence-electron chi connectivity index (χ1n) is 8.98. The normalized spacial score (nSPS) is 16.2. The van der Waals surface area contributed by atoms with Crippen molar-refractivity contribution in [2.24, 2.45) is 0 Å². The Labute approximate surface area is 155 Å². The summed E-state index contributed by atoms with van der Waals surface area (Å²) in [5.74, 6) is -0.0836. The van der Waals surface area contributed by atoms with Gasteiger partial charge in [-0.15, -0.1) is 0 Å². The molecule has 144 valence electrons. The van der Waals surface area contributed by atoms with Gasteiger partial charge in [-0.1, -0.05) is 18.2 Å². The molecule has 1 aromatic rings. The van der Waals surface area contributed by atoms with Gasteiger partial charge < -0.3 is 25.0 Å². The van der Waals surface area contributed by atoms with Crippen LogP contribution in [-0.4, -0.2) is 69.4 Å². The summed E-state index contributed by atoms with van der Waals surface area (Å²) in [7, 11) is 3.26. The van der Waals surface area contributed by atoms with Crippen molar-refractivity contribution in [3.8, 4) is 0 Å². The standard InChI is InChI=1S/C19H29N3O4/c1-25-14-10-19(21-17(23)16-6-4-3-5-7-16)8-12-22(13-9-19)18(24)20-11-15-26-2/h3-7H,8-15H2,1-2H3,(H,20,24)(H,21,23). The molecule has 1 aliphatic heterocycles. The molecule has 26 heavy (non-hydrogen) atoms. The second-order valence-corrected chi connectivity index (χ2v) is 6.56. The lowest BCUT2D eigenvalue weighted by Crippen LogP contribution is -2.57. The van der Waals surface area contributed by atoms with Gasteiger partial charge in [-0.25, -0.2) is 4.79 Å². The van der Waals surface area contributed by atoms with E-state index in [1.807, 2.05) is 18.2 Å². The second-order valence-electron chi connectivity index (χ2n) is 6.56. The summed E-state index contributed by atoms with van der Waals surface area (Å²) in [4.78, 5) is 26.6. The molecule has 1 fully saturated rings. The third-order valence-electron chi connectivity index (χ3n) is 4.79. The maximum Gasteiger partial charge on any atom is 0.317 e. The van der Waals surface area contributed by atoms with Crippen molar-refractivity contribution in [2.45, 2.75) is 24.8 Å². The summed E-state index contributed by atoms with van der Waals surface area (Å²) in [6.45, 7) is 2.74. The Morgan fingerprint density at radius 3 is 2.35 bits per heavy atom. The van der Waals surface area contributed by atoms with Crippen molar-refractivity contribution < 1.29 is 19.1 Å². The van der Waals surface area contributed by atoms with Crippen molar-refractivity contribution in [3.63, 3.8) is 0 Å². The zero-order chi connectivity index (χ0) is 18.8. The molecule has 0 atom stereocenters. The van der Waals surface area contributed by atoms with Crippen LogP contribution in [0.3, 0.4) is 0 Å². The lowest BCUT2D eigenvalue weighted by molar-refractivity contribution is 0.0744. The van der Waals surface area contributed by atoms with E-state index in [1.54, 1.807) is 31.3 Å². The monoisotopic (exact) mass is 363 g/mol. The molecule has 0 radical (unpaired) electrons. The molecule has 0 aromatic heterocycles. The summed E-state index contributed by atoms with van der Waals surface area (Å²) in [5.41, 5.74) is 0.288. The van der Waals surface area contributed by atoms with Gasteiger partial charge in [-0.3, -0.25) is 4.79 Å². The second kappa shape index (κ2) is 10.1. The SMILES string of the molecule is COCCNC(=O)N1CCC(CCOC)(NC(=O)c2ccccc2)CC1. The topological polar surface area (TPSA) is 79.9 Å². The first-order chi connectivity index (χ1) is 12.6. The maximum absolute atomic E-state index is 12.6. The van der Waals surface area contributed by atoms with Crippen LogP contribution in [0.4, 0.5) is 4.79 Å². The summed E-state index contributed by atoms with van der Waals surface area (Å²) in [6, 6.07) is 9.11. The molecule has 1 saturated heterocycles. The number of carbonyl (C=O) groups is 2. The van der Waals surface area contributed by atoms with E-state index in [4.69, 9.17) is 9.47 Å². The van der Waals surface area contributed by atoms with Crippen LogP contribution in [0.15, 0.2) is 30.3 Å². The molecule has 0 bridgehead atoms. The number of carbonyl (C=O) groups excluding carboxylic acids is 2. The van der Waals surface area contributed by atoms with Crippen molar-refractivity contribution in [1.29, 1.82) is 0 Å². The third-order valence-corrected chi connectivity index (χ3v) is 4.79. The molecule has 0 aliphatic carbocycles. The van der Waals surface area contributed by atoms with Gasteiger partial charge in [-0.05, 0) is 31.4 Å². The Kier molecular flexibility index (Phi) is 7.87. The smallest absolute Gasteiger partial charge is 0.317 e. The molecule has 2 rings (SSSR count). The van der Waals surface area contributed by atoms with Gasteiger partial charge in [0.2, 0.25) is 0 Å². The van der Waals surface area contributed by atoms with Crippen molar-refractivity contribution in [2.75, 3.05) is 47.1 Å². The average Bonchev–Trinajstić information content (AvgIpc) is 2.68. The number of hydrogen-bond acceptors (Lipinski definition) is 4. The number of nitrogens with zero attached hydrogens (tertiary/aromatic N) is 1. The molecule has 0 unspecified atom stereocenters. The molecule has 2 N–H and O–H groups in total. The number of methoxy groups -OCH3 is 2. The molecule has 1 heterocycles. The predicted molar refractivity (Wildman–Crippen MR) is 99.2 cm³/mol. The third kappa shape index (κ3) is 5.71. The summed E-state index contributed by atoms with van der Waals surface area (Å²) in [6.07, 6.45) is 2.13. The number of piperidine rings is 1. The molecular weight excluding hydrogens is 334 g/mol. The molecule has 7 nitrogen and oxygen atoms in total. The fraction of sp³-hybridized carbons (Fsp3) is 0.579. The van der Waals surface area contributed by atoms with Gasteiger partial charge in [0.1, 0.15) is 0 Å². The van der Waals surface area contributed by atoms with Crippen molar-refractivity contribution in [3.05, 3.63) is 35.9 Å². The van der Waals surface area contributed by atoms with Gasteiger partial charge in [-0.2, -0.15) is 0 Å². The predicted octanol–water partition coefficient (Wildman–Crippen LogP) is 1.64. The van der Waals surface area contributed by atoms with Crippen LogP contribution in [0, 0.1) is 0 Å². The van der Waals surface area contributed by atoms with Crippen LogP contribution >= 0.6 is 0 Å². The lowest BCUT2D eigenvalue weighted by Gasteiger charge is -2.42. The van der Waals surface area contributed by atoms with Crippen molar-refractivity contribution in [1.82, 2.24) is 15.5 Å². The van der Waals surface area contributed by atoms with Gasteiger partial charge in [0.05, 0.1) is 6.61 Å². The quantitative estimate of drug-likeness (QED) is 0.688. The van der Waals surface area contributed by atoms with E-state index in [0.29, 0.717) is 51.3 Å². The van der Waals surface area contributed by atoms with Crippen LogP contribution in [0.5, 0.6) is 0 Å². The Balaban J connectivity index is 1.96.